The standard InChI is InChI=1S/C15H18Cl2N2O2/c1-2-5-15(19,13(18)21)12(20)14(6-7-14)10-4-3-9(16)8-11(10)17/h3-4,8H,2,5-7,19H2,1H3,(H2,18,21). The lowest BCUT2D eigenvalue weighted by molar-refractivity contribution is -0.136. The fourth-order valence-electron chi connectivity index (χ4n) is 2.79. The Kier molecular flexibility index (Phi) is 4.34. The molecule has 4 N–H and O–H groups in total. The number of benzene rings is 1. The van der Waals surface area contributed by atoms with Crippen LogP contribution >= 0.6 is 23.2 Å². The number of amides is 1. The van der Waals surface area contributed by atoms with Crippen molar-refractivity contribution in [3.8, 4) is 0 Å². The first-order chi connectivity index (χ1) is 9.78. The van der Waals surface area contributed by atoms with E-state index in [1.54, 1.807) is 18.2 Å². The second-order valence-corrected chi connectivity index (χ2v) is 6.46. The van der Waals surface area contributed by atoms with Crippen molar-refractivity contribution in [2.75, 3.05) is 0 Å². The van der Waals surface area contributed by atoms with Crippen LogP contribution in [0.5, 0.6) is 0 Å². The highest BCUT2D eigenvalue weighted by molar-refractivity contribution is 6.35. The Bertz CT molecular complexity index is 599. The Hall–Kier alpha value is -1.10. The van der Waals surface area contributed by atoms with Crippen molar-refractivity contribution in [2.24, 2.45) is 11.5 Å². The number of primary amides is 1. The summed E-state index contributed by atoms with van der Waals surface area (Å²) < 4.78 is 0. The summed E-state index contributed by atoms with van der Waals surface area (Å²) in [5, 5.41) is 0.908. The number of halogens is 2. The van der Waals surface area contributed by atoms with Gasteiger partial charge in [-0.3, -0.25) is 9.59 Å². The fraction of sp³-hybridized carbons (Fsp3) is 0.467. The molecule has 0 aliphatic heterocycles. The van der Waals surface area contributed by atoms with E-state index in [4.69, 9.17) is 34.7 Å². The Morgan fingerprint density at radius 1 is 1.33 bits per heavy atom. The average Bonchev–Trinajstić information content (AvgIpc) is 3.19. The Morgan fingerprint density at radius 3 is 2.38 bits per heavy atom. The number of hydrogen-bond donors (Lipinski definition) is 2. The lowest BCUT2D eigenvalue weighted by Crippen LogP contribution is -2.61. The summed E-state index contributed by atoms with van der Waals surface area (Å²) in [6, 6.07) is 5.00. The molecule has 1 saturated carbocycles. The van der Waals surface area contributed by atoms with Crippen LogP contribution in [0.1, 0.15) is 38.2 Å². The highest BCUT2D eigenvalue weighted by Crippen LogP contribution is 2.53. The van der Waals surface area contributed by atoms with Gasteiger partial charge in [-0.15, -0.1) is 0 Å². The van der Waals surface area contributed by atoms with E-state index in [1.165, 1.54) is 0 Å². The molecule has 114 valence electrons. The van der Waals surface area contributed by atoms with Crippen LogP contribution in [0.4, 0.5) is 0 Å². The first kappa shape index (κ1) is 16.3. The Morgan fingerprint density at radius 2 is 1.95 bits per heavy atom. The molecule has 0 aromatic heterocycles. The molecule has 4 nitrogen and oxygen atoms in total. The predicted molar refractivity (Wildman–Crippen MR) is 83.4 cm³/mol. The quantitative estimate of drug-likeness (QED) is 0.787. The van der Waals surface area contributed by atoms with Gasteiger partial charge in [-0.05, 0) is 37.0 Å². The minimum atomic E-state index is -1.64. The SMILES string of the molecule is CCCC(N)(C(N)=O)C(=O)C1(c2ccc(Cl)cc2Cl)CC1. The molecule has 1 unspecified atom stereocenters. The molecule has 0 saturated heterocycles. The number of ketones is 1. The van der Waals surface area contributed by atoms with Crippen molar-refractivity contribution < 1.29 is 9.59 Å². The zero-order chi connectivity index (χ0) is 15.8. The number of carbonyl (C=O) groups excluding carboxylic acids is 2. The van der Waals surface area contributed by atoms with E-state index >= 15 is 0 Å². The van der Waals surface area contributed by atoms with Gasteiger partial charge >= 0.3 is 0 Å². The predicted octanol–water partition coefficient (Wildman–Crippen LogP) is 2.58. The molecule has 1 aromatic carbocycles. The fourth-order valence-corrected chi connectivity index (χ4v) is 3.38. The molecule has 0 bridgehead atoms. The molecule has 0 radical (unpaired) electrons. The summed E-state index contributed by atoms with van der Waals surface area (Å²) in [6.45, 7) is 1.85. The van der Waals surface area contributed by atoms with Crippen LogP contribution in [0.15, 0.2) is 18.2 Å². The number of hydrogen-bond acceptors (Lipinski definition) is 3. The topological polar surface area (TPSA) is 86.2 Å². The summed E-state index contributed by atoms with van der Waals surface area (Å²) in [4.78, 5) is 24.6. The molecule has 1 fully saturated rings. The first-order valence-corrected chi connectivity index (χ1v) is 7.63. The Balaban J connectivity index is 2.44. The average molecular weight is 329 g/mol. The summed E-state index contributed by atoms with van der Waals surface area (Å²) in [5.41, 5.74) is 9.65. The van der Waals surface area contributed by atoms with Gasteiger partial charge in [0.2, 0.25) is 5.91 Å². The van der Waals surface area contributed by atoms with Crippen molar-refractivity contribution in [2.45, 2.75) is 43.6 Å². The van der Waals surface area contributed by atoms with Crippen LogP contribution in [0.3, 0.4) is 0 Å². The maximum Gasteiger partial charge on any atom is 0.245 e. The number of Topliss-reactive ketones (excluding diaryl/α,β-unsaturated/α-hetero) is 1. The van der Waals surface area contributed by atoms with Gasteiger partial charge in [0.25, 0.3) is 0 Å². The van der Waals surface area contributed by atoms with Crippen LogP contribution in [0.25, 0.3) is 0 Å². The van der Waals surface area contributed by atoms with Gasteiger partial charge in [-0.1, -0.05) is 42.6 Å². The lowest BCUT2D eigenvalue weighted by Gasteiger charge is -2.29. The van der Waals surface area contributed by atoms with Gasteiger partial charge in [-0.25, -0.2) is 0 Å². The van der Waals surface area contributed by atoms with Crippen LogP contribution in [-0.4, -0.2) is 17.2 Å². The van der Waals surface area contributed by atoms with Crippen LogP contribution < -0.4 is 11.5 Å². The summed E-state index contributed by atoms with van der Waals surface area (Å²) in [6.07, 6.45) is 2.05. The highest BCUT2D eigenvalue weighted by atomic mass is 35.5. The number of rotatable bonds is 6. The number of nitrogens with two attached hydrogens (primary N) is 2. The number of carbonyl (C=O) groups is 2. The normalized spacial score (nSPS) is 18.9. The van der Waals surface area contributed by atoms with E-state index in [2.05, 4.69) is 0 Å². The second-order valence-electron chi connectivity index (χ2n) is 5.62. The second kappa shape index (κ2) is 5.59. The molecule has 1 amide bonds. The van der Waals surface area contributed by atoms with Gasteiger partial charge in [0.05, 0.1) is 5.41 Å². The maximum atomic E-state index is 12.9. The highest BCUT2D eigenvalue weighted by Gasteiger charge is 2.59. The molecule has 2 rings (SSSR count). The molecule has 6 heteroatoms. The van der Waals surface area contributed by atoms with E-state index in [1.807, 2.05) is 6.92 Å². The van der Waals surface area contributed by atoms with Crippen molar-refractivity contribution >= 4 is 34.9 Å². The van der Waals surface area contributed by atoms with Gasteiger partial charge in [0.15, 0.2) is 11.3 Å². The van der Waals surface area contributed by atoms with Crippen LogP contribution in [0.2, 0.25) is 10.0 Å². The van der Waals surface area contributed by atoms with Gasteiger partial charge in [0, 0.05) is 10.0 Å². The molecule has 0 heterocycles. The van der Waals surface area contributed by atoms with Crippen LogP contribution in [0, 0.1) is 0 Å². The van der Waals surface area contributed by atoms with Crippen molar-refractivity contribution in [1.82, 2.24) is 0 Å². The molecular formula is C15H18Cl2N2O2. The smallest absolute Gasteiger partial charge is 0.245 e. The molecule has 1 aliphatic carbocycles. The molecule has 1 aliphatic rings. The van der Waals surface area contributed by atoms with E-state index in [0.29, 0.717) is 34.9 Å². The van der Waals surface area contributed by atoms with E-state index < -0.39 is 16.9 Å². The molecule has 1 aromatic rings. The monoisotopic (exact) mass is 328 g/mol. The third kappa shape index (κ3) is 2.68. The van der Waals surface area contributed by atoms with Crippen molar-refractivity contribution in [1.29, 1.82) is 0 Å². The zero-order valence-electron chi connectivity index (χ0n) is 11.8. The van der Waals surface area contributed by atoms with Gasteiger partial charge in [-0.2, -0.15) is 0 Å². The van der Waals surface area contributed by atoms with Gasteiger partial charge in [0.1, 0.15) is 0 Å². The zero-order valence-corrected chi connectivity index (χ0v) is 13.3. The Labute approximate surface area is 133 Å². The van der Waals surface area contributed by atoms with E-state index in [0.717, 1.165) is 0 Å². The third-order valence-electron chi connectivity index (χ3n) is 4.12. The molecule has 0 spiro atoms. The molecular weight excluding hydrogens is 311 g/mol. The molecule has 21 heavy (non-hydrogen) atoms. The largest absolute Gasteiger partial charge is 0.368 e. The minimum Gasteiger partial charge on any atom is -0.368 e. The van der Waals surface area contributed by atoms with Crippen LogP contribution in [-0.2, 0) is 15.0 Å². The summed E-state index contributed by atoms with van der Waals surface area (Å²) in [5.74, 6) is -1.13. The first-order valence-electron chi connectivity index (χ1n) is 6.87. The summed E-state index contributed by atoms with van der Waals surface area (Å²) in [7, 11) is 0. The molecule has 1 atom stereocenters. The third-order valence-corrected chi connectivity index (χ3v) is 4.67. The van der Waals surface area contributed by atoms with Crippen molar-refractivity contribution in [3.63, 3.8) is 0 Å². The van der Waals surface area contributed by atoms with Crippen molar-refractivity contribution in [3.05, 3.63) is 33.8 Å². The maximum absolute atomic E-state index is 12.9. The van der Waals surface area contributed by atoms with E-state index in [-0.39, 0.29) is 12.2 Å². The van der Waals surface area contributed by atoms with E-state index in [9.17, 15) is 9.59 Å². The summed E-state index contributed by atoms with van der Waals surface area (Å²) >= 11 is 12.1. The minimum absolute atomic E-state index is 0.230. The van der Waals surface area contributed by atoms with Gasteiger partial charge < -0.3 is 11.5 Å². The lowest BCUT2D eigenvalue weighted by atomic mass is 9.77.